The van der Waals surface area contributed by atoms with Gasteiger partial charge in [0.1, 0.15) is 5.56 Å². The number of nitrogens with zero attached hydrogens (tertiary/aromatic N) is 1. The normalized spacial score (nSPS) is 20.0. The number of hydrogen-bond donors (Lipinski definition) is 1. The van der Waals surface area contributed by atoms with Gasteiger partial charge >= 0.3 is 0 Å². The molecule has 2 aliphatic heterocycles. The first-order chi connectivity index (χ1) is 11.6. The van der Waals surface area contributed by atoms with Crippen molar-refractivity contribution in [1.82, 2.24) is 9.88 Å². The molecule has 0 unspecified atom stereocenters. The predicted molar refractivity (Wildman–Crippen MR) is 92.0 cm³/mol. The largest absolute Gasteiger partial charge is 0.347 e. The van der Waals surface area contributed by atoms with E-state index >= 15 is 0 Å². The lowest BCUT2D eigenvalue weighted by Gasteiger charge is -2.37. The second-order valence-electron chi connectivity index (χ2n) is 6.14. The number of halogens is 1. The summed E-state index contributed by atoms with van der Waals surface area (Å²) in [7, 11) is 0. The fourth-order valence-corrected chi connectivity index (χ4v) is 3.72. The Bertz CT molecular complexity index is 847. The lowest BCUT2D eigenvalue weighted by molar-refractivity contribution is -0.181. The van der Waals surface area contributed by atoms with E-state index in [2.05, 4.69) is 20.9 Å². The van der Waals surface area contributed by atoms with E-state index in [-0.39, 0.29) is 17.0 Å². The standard InChI is InChI=1S/C17H17BrN2O4/c18-12-1-2-14-11(9-12)10-13(15(21)19-14)16(22)20-5-3-17(4-6-20)23-7-8-24-17/h1-2,9-10H,3-8H2,(H,19,21). The fourth-order valence-electron chi connectivity index (χ4n) is 3.34. The van der Waals surface area contributed by atoms with Gasteiger partial charge in [0.15, 0.2) is 5.79 Å². The molecule has 2 saturated heterocycles. The van der Waals surface area contributed by atoms with Crippen molar-refractivity contribution in [2.75, 3.05) is 26.3 Å². The second-order valence-corrected chi connectivity index (χ2v) is 7.06. The molecule has 24 heavy (non-hydrogen) atoms. The van der Waals surface area contributed by atoms with Crippen LogP contribution in [0.5, 0.6) is 0 Å². The Labute approximate surface area is 146 Å². The van der Waals surface area contributed by atoms with Crippen LogP contribution >= 0.6 is 15.9 Å². The Morgan fingerprint density at radius 1 is 1.17 bits per heavy atom. The number of hydrogen-bond acceptors (Lipinski definition) is 4. The molecule has 2 aromatic rings. The first kappa shape index (κ1) is 15.8. The van der Waals surface area contributed by atoms with Crippen molar-refractivity contribution in [3.8, 4) is 0 Å². The molecule has 6 nitrogen and oxygen atoms in total. The zero-order valence-corrected chi connectivity index (χ0v) is 14.6. The molecule has 126 valence electrons. The van der Waals surface area contributed by atoms with Crippen molar-refractivity contribution < 1.29 is 14.3 Å². The summed E-state index contributed by atoms with van der Waals surface area (Å²) in [5.74, 6) is -0.775. The lowest BCUT2D eigenvalue weighted by Crippen LogP contribution is -2.48. The van der Waals surface area contributed by atoms with E-state index in [1.165, 1.54) is 0 Å². The molecule has 0 aliphatic carbocycles. The molecule has 7 heteroatoms. The molecule has 2 fully saturated rings. The predicted octanol–water partition coefficient (Wildman–Crippen LogP) is 2.27. The molecule has 1 aromatic carbocycles. The van der Waals surface area contributed by atoms with Gasteiger partial charge in [0.2, 0.25) is 0 Å². The van der Waals surface area contributed by atoms with Gasteiger partial charge in [-0.05, 0) is 24.3 Å². The maximum Gasteiger partial charge on any atom is 0.261 e. The highest BCUT2D eigenvalue weighted by atomic mass is 79.9. The summed E-state index contributed by atoms with van der Waals surface area (Å²) in [5, 5.41) is 0.822. The first-order valence-electron chi connectivity index (χ1n) is 7.96. The fraction of sp³-hybridized carbons (Fsp3) is 0.412. The van der Waals surface area contributed by atoms with Crippen LogP contribution in [0.4, 0.5) is 0 Å². The minimum Gasteiger partial charge on any atom is -0.347 e. The van der Waals surface area contributed by atoms with Crippen molar-refractivity contribution in [2.45, 2.75) is 18.6 Å². The van der Waals surface area contributed by atoms with Gasteiger partial charge in [0, 0.05) is 41.3 Å². The molecule has 0 saturated carbocycles. The number of likely N-dealkylation sites (tertiary alicyclic amines) is 1. The molecule has 1 aromatic heterocycles. The van der Waals surface area contributed by atoms with Crippen molar-refractivity contribution >= 4 is 32.7 Å². The molecule has 1 spiro atoms. The van der Waals surface area contributed by atoms with Crippen LogP contribution in [0.3, 0.4) is 0 Å². The third-order valence-corrected chi connectivity index (χ3v) is 5.16. The molecule has 4 rings (SSSR count). The topological polar surface area (TPSA) is 71.6 Å². The molecule has 0 atom stereocenters. The van der Waals surface area contributed by atoms with Crippen LogP contribution in [0.15, 0.2) is 33.5 Å². The summed E-state index contributed by atoms with van der Waals surface area (Å²) in [6.45, 7) is 2.25. The Balaban J connectivity index is 1.59. The number of H-pyrrole nitrogens is 1. The molecular formula is C17H17BrN2O4. The van der Waals surface area contributed by atoms with Crippen molar-refractivity contribution in [3.63, 3.8) is 0 Å². The summed E-state index contributed by atoms with van der Waals surface area (Å²) in [5.41, 5.74) is 0.526. The van der Waals surface area contributed by atoms with Crippen molar-refractivity contribution in [3.05, 3.63) is 44.7 Å². The molecule has 1 N–H and O–H groups in total. The highest BCUT2D eigenvalue weighted by molar-refractivity contribution is 9.10. The van der Waals surface area contributed by atoms with Crippen LogP contribution in [0, 0.1) is 0 Å². The third kappa shape index (κ3) is 2.76. The van der Waals surface area contributed by atoms with Gasteiger partial charge in [0.25, 0.3) is 11.5 Å². The number of ether oxygens (including phenoxy) is 2. The van der Waals surface area contributed by atoms with Crippen LogP contribution in [-0.2, 0) is 9.47 Å². The number of nitrogens with one attached hydrogen (secondary N) is 1. The average Bonchev–Trinajstić information content (AvgIpc) is 3.03. The number of aromatic nitrogens is 1. The number of rotatable bonds is 1. The quantitative estimate of drug-likeness (QED) is 0.807. The van der Waals surface area contributed by atoms with E-state index in [4.69, 9.17) is 9.47 Å². The van der Waals surface area contributed by atoms with E-state index in [0.29, 0.717) is 44.7 Å². The smallest absolute Gasteiger partial charge is 0.261 e. The number of aromatic amines is 1. The van der Waals surface area contributed by atoms with Crippen molar-refractivity contribution in [2.24, 2.45) is 0 Å². The third-order valence-electron chi connectivity index (χ3n) is 4.66. The monoisotopic (exact) mass is 392 g/mol. The van der Waals surface area contributed by atoms with E-state index in [1.807, 2.05) is 18.2 Å². The molecule has 2 aliphatic rings. The number of pyridine rings is 1. The van der Waals surface area contributed by atoms with Crippen LogP contribution in [0.2, 0.25) is 0 Å². The summed E-state index contributed by atoms with van der Waals surface area (Å²) in [4.78, 5) is 29.5. The second kappa shape index (κ2) is 5.98. The molecule has 1 amide bonds. The lowest BCUT2D eigenvalue weighted by atomic mass is 10.0. The summed E-state index contributed by atoms with van der Waals surface area (Å²) in [6.07, 6.45) is 1.27. The Kier molecular flexibility index (Phi) is 3.94. The Morgan fingerprint density at radius 3 is 2.58 bits per heavy atom. The van der Waals surface area contributed by atoms with Gasteiger partial charge in [-0.2, -0.15) is 0 Å². The van der Waals surface area contributed by atoms with Crippen LogP contribution in [0.25, 0.3) is 10.9 Å². The number of piperidine rings is 1. The zero-order valence-electron chi connectivity index (χ0n) is 13.0. The van der Waals surface area contributed by atoms with Gasteiger partial charge in [-0.1, -0.05) is 15.9 Å². The molecular weight excluding hydrogens is 376 g/mol. The van der Waals surface area contributed by atoms with Gasteiger partial charge in [-0.15, -0.1) is 0 Å². The Hall–Kier alpha value is -1.70. The number of carbonyl (C=O) groups excluding carboxylic acids is 1. The van der Waals surface area contributed by atoms with Crippen molar-refractivity contribution in [1.29, 1.82) is 0 Å². The zero-order chi connectivity index (χ0) is 16.7. The molecule has 0 bridgehead atoms. The number of fused-ring (bicyclic) bond motifs is 1. The minimum absolute atomic E-state index is 0.171. The number of amides is 1. The summed E-state index contributed by atoms with van der Waals surface area (Å²) in [6, 6.07) is 7.21. The molecule has 3 heterocycles. The van der Waals surface area contributed by atoms with E-state index in [1.54, 1.807) is 11.0 Å². The van der Waals surface area contributed by atoms with Crippen LogP contribution in [-0.4, -0.2) is 47.9 Å². The summed E-state index contributed by atoms with van der Waals surface area (Å²) < 4.78 is 12.3. The van der Waals surface area contributed by atoms with Gasteiger partial charge < -0.3 is 19.4 Å². The van der Waals surface area contributed by atoms with E-state index in [0.717, 1.165) is 9.86 Å². The van der Waals surface area contributed by atoms with Gasteiger partial charge in [-0.3, -0.25) is 9.59 Å². The SMILES string of the molecule is O=C(c1cc2cc(Br)ccc2[nH]c1=O)N1CCC2(CC1)OCCO2. The average molecular weight is 393 g/mol. The Morgan fingerprint density at radius 2 is 1.88 bits per heavy atom. The van der Waals surface area contributed by atoms with E-state index in [9.17, 15) is 9.59 Å². The van der Waals surface area contributed by atoms with Gasteiger partial charge in [-0.25, -0.2) is 0 Å². The first-order valence-corrected chi connectivity index (χ1v) is 8.75. The molecule has 0 radical (unpaired) electrons. The highest BCUT2D eigenvalue weighted by Crippen LogP contribution is 2.31. The maximum absolute atomic E-state index is 12.8. The highest BCUT2D eigenvalue weighted by Gasteiger charge is 2.41. The minimum atomic E-state index is -0.530. The summed E-state index contributed by atoms with van der Waals surface area (Å²) >= 11 is 3.41. The van der Waals surface area contributed by atoms with E-state index < -0.39 is 5.79 Å². The maximum atomic E-state index is 12.8. The van der Waals surface area contributed by atoms with Crippen LogP contribution in [0.1, 0.15) is 23.2 Å². The number of benzene rings is 1. The number of carbonyl (C=O) groups is 1. The van der Waals surface area contributed by atoms with Crippen LogP contribution < -0.4 is 5.56 Å². The van der Waals surface area contributed by atoms with Gasteiger partial charge in [0.05, 0.1) is 13.2 Å².